The van der Waals surface area contributed by atoms with E-state index in [0.29, 0.717) is 0 Å². The molecule has 1 saturated carbocycles. The molecular formula is C13H19NS. The molecule has 0 aromatic heterocycles. The van der Waals surface area contributed by atoms with Crippen LogP contribution in [0.1, 0.15) is 31.7 Å². The number of rotatable bonds is 6. The molecule has 82 valence electrons. The Morgan fingerprint density at radius 2 is 2.00 bits per heavy atom. The van der Waals surface area contributed by atoms with Crippen molar-refractivity contribution in [1.29, 1.82) is 0 Å². The van der Waals surface area contributed by atoms with Gasteiger partial charge in [-0.3, -0.25) is 0 Å². The van der Waals surface area contributed by atoms with E-state index < -0.39 is 0 Å². The highest BCUT2D eigenvalue weighted by Crippen LogP contribution is 2.21. The highest BCUT2D eigenvalue weighted by molar-refractivity contribution is 7.99. The predicted octanol–water partition coefficient (Wildman–Crippen LogP) is 3.44. The Hall–Kier alpha value is -0.470. The predicted molar refractivity (Wildman–Crippen MR) is 67.3 cm³/mol. The summed E-state index contributed by atoms with van der Waals surface area (Å²) in [5, 5.41) is 3.53. The van der Waals surface area contributed by atoms with Crippen LogP contribution in [-0.2, 0) is 6.54 Å². The van der Waals surface area contributed by atoms with Gasteiger partial charge in [-0.2, -0.15) is 0 Å². The van der Waals surface area contributed by atoms with Crippen LogP contribution in [0.25, 0.3) is 0 Å². The average Bonchev–Trinajstić information content (AvgIpc) is 3.09. The van der Waals surface area contributed by atoms with Gasteiger partial charge < -0.3 is 5.32 Å². The zero-order valence-electron chi connectivity index (χ0n) is 9.33. The molecule has 1 aliphatic rings. The van der Waals surface area contributed by atoms with Gasteiger partial charge in [0.2, 0.25) is 0 Å². The zero-order chi connectivity index (χ0) is 10.5. The minimum atomic E-state index is 0.805. The Labute approximate surface area is 96.7 Å². The number of hydrogen-bond donors (Lipinski definition) is 1. The van der Waals surface area contributed by atoms with E-state index in [1.807, 2.05) is 11.8 Å². The van der Waals surface area contributed by atoms with Crippen molar-refractivity contribution in [2.75, 3.05) is 5.75 Å². The minimum Gasteiger partial charge on any atom is -0.310 e. The molecule has 2 rings (SSSR count). The average molecular weight is 221 g/mol. The fourth-order valence-corrected chi connectivity index (χ4v) is 2.24. The van der Waals surface area contributed by atoms with Crippen LogP contribution in [0.15, 0.2) is 29.2 Å². The summed E-state index contributed by atoms with van der Waals surface area (Å²) < 4.78 is 0. The second-order valence-corrected chi connectivity index (χ2v) is 5.32. The lowest BCUT2D eigenvalue weighted by Crippen LogP contribution is -2.14. The summed E-state index contributed by atoms with van der Waals surface area (Å²) in [5.74, 6) is 1.22. The molecular weight excluding hydrogens is 202 g/mol. The summed E-state index contributed by atoms with van der Waals surface area (Å²) in [6, 6.07) is 9.77. The van der Waals surface area contributed by atoms with Gasteiger partial charge >= 0.3 is 0 Å². The smallest absolute Gasteiger partial charge is 0.0208 e. The lowest BCUT2D eigenvalue weighted by atomic mass is 10.2. The van der Waals surface area contributed by atoms with E-state index in [9.17, 15) is 0 Å². The molecule has 2 heteroatoms. The SMILES string of the molecule is CCCSc1ccc(CNC2CC2)cc1. The first-order valence-corrected chi connectivity index (χ1v) is 6.82. The third kappa shape index (κ3) is 3.88. The van der Waals surface area contributed by atoms with Gasteiger partial charge in [0, 0.05) is 17.5 Å². The molecule has 1 fully saturated rings. The van der Waals surface area contributed by atoms with Crippen molar-refractivity contribution in [3.63, 3.8) is 0 Å². The largest absolute Gasteiger partial charge is 0.310 e. The first-order chi connectivity index (χ1) is 7.38. The van der Waals surface area contributed by atoms with E-state index in [4.69, 9.17) is 0 Å². The summed E-state index contributed by atoms with van der Waals surface area (Å²) >= 11 is 1.95. The van der Waals surface area contributed by atoms with Crippen LogP contribution < -0.4 is 5.32 Å². The van der Waals surface area contributed by atoms with Gasteiger partial charge in [-0.25, -0.2) is 0 Å². The molecule has 1 aliphatic carbocycles. The molecule has 0 aliphatic heterocycles. The molecule has 0 amide bonds. The number of nitrogens with one attached hydrogen (secondary N) is 1. The third-order valence-electron chi connectivity index (χ3n) is 2.57. The third-order valence-corrected chi connectivity index (χ3v) is 3.79. The van der Waals surface area contributed by atoms with Gasteiger partial charge in [-0.15, -0.1) is 11.8 Å². The molecule has 15 heavy (non-hydrogen) atoms. The molecule has 0 radical (unpaired) electrons. The number of hydrogen-bond acceptors (Lipinski definition) is 2. The Bertz CT molecular complexity index is 290. The van der Waals surface area contributed by atoms with Gasteiger partial charge in [0.05, 0.1) is 0 Å². The molecule has 0 unspecified atom stereocenters. The molecule has 1 nitrogen and oxygen atoms in total. The summed E-state index contributed by atoms with van der Waals surface area (Å²) in [6.07, 6.45) is 3.98. The number of benzene rings is 1. The van der Waals surface area contributed by atoms with Gasteiger partial charge in [0.15, 0.2) is 0 Å². The second kappa shape index (κ2) is 5.57. The van der Waals surface area contributed by atoms with E-state index in [2.05, 4.69) is 36.5 Å². The standard InChI is InChI=1S/C13H19NS/c1-2-9-15-13-7-3-11(4-8-13)10-14-12-5-6-12/h3-4,7-8,12,14H,2,5-6,9-10H2,1H3. The maximum Gasteiger partial charge on any atom is 0.0208 e. The highest BCUT2D eigenvalue weighted by Gasteiger charge is 2.19. The van der Waals surface area contributed by atoms with Crippen molar-refractivity contribution in [2.24, 2.45) is 0 Å². The van der Waals surface area contributed by atoms with Gasteiger partial charge in [0.1, 0.15) is 0 Å². The van der Waals surface area contributed by atoms with Crippen molar-refractivity contribution in [3.8, 4) is 0 Å². The van der Waals surface area contributed by atoms with E-state index in [0.717, 1.165) is 12.6 Å². The molecule has 0 saturated heterocycles. The highest BCUT2D eigenvalue weighted by atomic mass is 32.2. The first kappa shape index (κ1) is 11.0. The number of thioether (sulfide) groups is 1. The van der Waals surface area contributed by atoms with Crippen LogP contribution in [0.3, 0.4) is 0 Å². The van der Waals surface area contributed by atoms with E-state index >= 15 is 0 Å². The molecule has 1 aromatic rings. The van der Waals surface area contributed by atoms with Crippen LogP contribution in [0, 0.1) is 0 Å². The maximum absolute atomic E-state index is 3.53. The Balaban J connectivity index is 1.79. The monoisotopic (exact) mass is 221 g/mol. The van der Waals surface area contributed by atoms with E-state index in [1.165, 1.54) is 35.5 Å². The van der Waals surface area contributed by atoms with Gasteiger partial charge in [0.25, 0.3) is 0 Å². The fourth-order valence-electron chi connectivity index (χ4n) is 1.47. The van der Waals surface area contributed by atoms with Crippen LogP contribution in [-0.4, -0.2) is 11.8 Å². The van der Waals surface area contributed by atoms with Gasteiger partial charge in [-0.05, 0) is 42.7 Å². The Kier molecular flexibility index (Phi) is 4.09. The van der Waals surface area contributed by atoms with Crippen LogP contribution >= 0.6 is 11.8 Å². The summed E-state index contributed by atoms with van der Waals surface area (Å²) in [7, 11) is 0. The quantitative estimate of drug-likeness (QED) is 0.739. The summed E-state index contributed by atoms with van der Waals surface area (Å²) in [6.45, 7) is 3.25. The normalized spacial score (nSPS) is 15.5. The van der Waals surface area contributed by atoms with Crippen molar-refractivity contribution >= 4 is 11.8 Å². The minimum absolute atomic E-state index is 0.805. The lowest BCUT2D eigenvalue weighted by molar-refractivity contribution is 0.687. The maximum atomic E-state index is 3.53. The molecule has 0 atom stereocenters. The molecule has 1 aromatic carbocycles. The van der Waals surface area contributed by atoms with Crippen molar-refractivity contribution in [1.82, 2.24) is 5.32 Å². The Morgan fingerprint density at radius 3 is 2.60 bits per heavy atom. The summed E-state index contributed by atoms with van der Waals surface area (Å²) in [4.78, 5) is 1.40. The van der Waals surface area contributed by atoms with Crippen LogP contribution in [0.5, 0.6) is 0 Å². The summed E-state index contributed by atoms with van der Waals surface area (Å²) in [5.41, 5.74) is 1.41. The molecule has 0 heterocycles. The molecule has 0 spiro atoms. The molecule has 0 bridgehead atoms. The van der Waals surface area contributed by atoms with Gasteiger partial charge in [-0.1, -0.05) is 19.1 Å². The zero-order valence-corrected chi connectivity index (χ0v) is 10.1. The topological polar surface area (TPSA) is 12.0 Å². The van der Waals surface area contributed by atoms with Crippen LogP contribution in [0.2, 0.25) is 0 Å². The van der Waals surface area contributed by atoms with Crippen LogP contribution in [0.4, 0.5) is 0 Å². The van der Waals surface area contributed by atoms with Crippen molar-refractivity contribution in [2.45, 2.75) is 43.7 Å². The Morgan fingerprint density at radius 1 is 1.27 bits per heavy atom. The fraction of sp³-hybridized carbons (Fsp3) is 0.538. The van der Waals surface area contributed by atoms with Crippen molar-refractivity contribution in [3.05, 3.63) is 29.8 Å². The lowest BCUT2D eigenvalue weighted by Gasteiger charge is -2.04. The first-order valence-electron chi connectivity index (χ1n) is 5.83. The van der Waals surface area contributed by atoms with E-state index in [-0.39, 0.29) is 0 Å². The second-order valence-electron chi connectivity index (χ2n) is 4.15. The van der Waals surface area contributed by atoms with E-state index in [1.54, 1.807) is 0 Å². The molecule has 1 N–H and O–H groups in total. The van der Waals surface area contributed by atoms with Crippen molar-refractivity contribution < 1.29 is 0 Å².